The number of hydrogen-bond acceptors (Lipinski definition) is 14. The number of rotatable bonds is 12. The van der Waals surface area contributed by atoms with Crippen LogP contribution in [0, 0.1) is 28.4 Å². The predicted octanol–water partition coefficient (Wildman–Crippen LogP) is 6.21. The fourth-order valence-corrected chi connectivity index (χ4v) is 13.1. The van der Waals surface area contributed by atoms with Crippen LogP contribution in [0.15, 0.2) is 48.7 Å². The summed E-state index contributed by atoms with van der Waals surface area (Å²) in [5, 5.41) is 25.7. The van der Waals surface area contributed by atoms with Gasteiger partial charge in [0.2, 0.25) is 11.8 Å². The molecule has 3 N–H and O–H groups in total. The first-order chi connectivity index (χ1) is 35.6. The summed E-state index contributed by atoms with van der Waals surface area (Å²) in [6, 6.07) is 11.3. The van der Waals surface area contributed by atoms with Gasteiger partial charge >= 0.3 is 6.01 Å². The number of nitrogens with one attached hydrogen (secondary N) is 1. The average molecular weight is 1010 g/mol. The molecular weight excluding hydrogens is 949 g/mol. The number of aromatic hydroxyl groups is 1. The normalized spacial score (nSPS) is 24.4. The molecule has 4 saturated heterocycles. The van der Waals surface area contributed by atoms with Gasteiger partial charge in [-0.05, 0) is 141 Å². The average Bonchev–Trinajstić information content (AvgIpc) is 4.12. The molecule has 74 heavy (non-hydrogen) atoms. The van der Waals surface area contributed by atoms with Crippen molar-refractivity contribution in [1.29, 1.82) is 0 Å². The largest absolute Gasteiger partial charge is 0.508 e. The van der Waals surface area contributed by atoms with Crippen LogP contribution in [0.3, 0.4) is 0 Å². The van der Waals surface area contributed by atoms with Crippen LogP contribution in [0.2, 0.25) is 0 Å². The number of anilines is 2. The lowest BCUT2D eigenvalue weighted by Gasteiger charge is -2.54. The highest BCUT2D eigenvalue weighted by Gasteiger charge is 2.50. The zero-order chi connectivity index (χ0) is 51.1. The molecule has 2 saturated carbocycles. The lowest BCUT2D eigenvalue weighted by molar-refractivity contribution is -0.136. The SMILES string of the molecule is CCc1c(F)ccc2cc(O)cc(-c3ncc4c(N5CCOC[C@@](C)(O)C5)nc(OCC5(CN6CCC7(CC6)CC(CN6CCN(c8ccc9c(c8)CN([C@H]8CCC(=O)NC8=O)C9=O)CC6)C7)CC5)nc4c3F)c12. The zero-order valence-electron chi connectivity index (χ0n) is 42.3. The summed E-state index contributed by atoms with van der Waals surface area (Å²) in [7, 11) is 0. The van der Waals surface area contributed by atoms with Gasteiger partial charge in [-0.2, -0.15) is 9.97 Å². The Bertz CT molecular complexity index is 3050. The van der Waals surface area contributed by atoms with E-state index in [2.05, 4.69) is 31.1 Å². The standard InChI is InChI=1S/C56H65F2N9O7/c1-3-39-43(57)7-4-35-23-38(68)24-41(46(35)39)48-47(58)49-42(27-59-48)50(66-20-21-73-32-54(2,72)30-66)62-53(61-49)74-33-56(10-11-56)31-64-14-12-55(13-15-64)25-34(26-55)28-63-16-18-65(19-17-63)37-5-6-40-36(22-37)29-67(52(40)71)44-8-9-45(69)60-51(44)70/h4-7,22-24,27,34,44,68,72H,3,8-21,25-26,28-33H2,1-2H3,(H,60,69,70)/t44-,54-/m0/s1. The van der Waals surface area contributed by atoms with E-state index < -0.39 is 23.3 Å². The Morgan fingerprint density at radius 2 is 1.70 bits per heavy atom. The number of fused-ring (bicyclic) bond motifs is 3. The molecule has 2 aromatic heterocycles. The molecule has 6 fully saturated rings. The molecule has 0 radical (unpaired) electrons. The van der Waals surface area contributed by atoms with Gasteiger partial charge in [0.05, 0.1) is 31.8 Å². The molecule has 2 aliphatic carbocycles. The summed E-state index contributed by atoms with van der Waals surface area (Å²) in [5.74, 6) is -1.00. The third kappa shape index (κ3) is 9.29. The minimum absolute atomic E-state index is 0.0181. The second-order valence-corrected chi connectivity index (χ2v) is 22.8. The summed E-state index contributed by atoms with van der Waals surface area (Å²) < 4.78 is 44.6. The van der Waals surface area contributed by atoms with E-state index in [0.717, 1.165) is 76.5 Å². The highest BCUT2D eigenvalue weighted by molar-refractivity contribution is 6.06. The molecule has 2 atom stereocenters. The van der Waals surface area contributed by atoms with Gasteiger partial charge in [-0.3, -0.25) is 29.6 Å². The number of aryl methyl sites for hydroxylation is 1. The van der Waals surface area contributed by atoms with Crippen molar-refractivity contribution in [3.63, 3.8) is 0 Å². The molecule has 5 aliphatic heterocycles. The molecule has 18 heteroatoms. The predicted molar refractivity (Wildman–Crippen MR) is 274 cm³/mol. The molecule has 390 valence electrons. The quantitative estimate of drug-likeness (QED) is 0.120. The van der Waals surface area contributed by atoms with Gasteiger partial charge in [0.25, 0.3) is 5.91 Å². The van der Waals surface area contributed by atoms with Crippen molar-refractivity contribution in [2.24, 2.45) is 16.7 Å². The molecule has 16 nitrogen and oxygen atoms in total. The first-order valence-corrected chi connectivity index (χ1v) is 26.6. The molecule has 12 rings (SSSR count). The van der Waals surface area contributed by atoms with Crippen molar-refractivity contribution in [2.45, 2.75) is 89.8 Å². The van der Waals surface area contributed by atoms with Crippen LogP contribution >= 0.6 is 0 Å². The molecular formula is C56H65F2N9O7. The van der Waals surface area contributed by atoms with E-state index in [0.29, 0.717) is 83.6 Å². The number of aliphatic hydroxyl groups is 1. The van der Waals surface area contributed by atoms with Crippen LogP contribution in [0.1, 0.15) is 86.7 Å². The summed E-state index contributed by atoms with van der Waals surface area (Å²) >= 11 is 0. The number of phenols is 1. The Hall–Kier alpha value is -6.08. The number of hydrogen-bond donors (Lipinski definition) is 3. The number of ether oxygens (including phenoxy) is 2. The van der Waals surface area contributed by atoms with Crippen molar-refractivity contribution < 1.29 is 42.9 Å². The Morgan fingerprint density at radius 3 is 2.46 bits per heavy atom. The summed E-state index contributed by atoms with van der Waals surface area (Å²) in [6.07, 6.45) is 9.39. The summed E-state index contributed by atoms with van der Waals surface area (Å²) in [4.78, 5) is 62.7. The highest BCUT2D eigenvalue weighted by atomic mass is 19.1. The minimum atomic E-state index is -1.20. The van der Waals surface area contributed by atoms with E-state index in [9.17, 15) is 24.6 Å². The van der Waals surface area contributed by atoms with Crippen LogP contribution < -0.4 is 19.9 Å². The lowest BCUT2D eigenvalue weighted by Crippen LogP contribution is -2.53. The van der Waals surface area contributed by atoms with Crippen LogP contribution in [0.5, 0.6) is 11.8 Å². The summed E-state index contributed by atoms with van der Waals surface area (Å²) in [5.41, 5.74) is 2.40. The number of pyridine rings is 1. The van der Waals surface area contributed by atoms with Crippen LogP contribution in [0.25, 0.3) is 32.9 Å². The van der Waals surface area contributed by atoms with E-state index in [4.69, 9.17) is 19.4 Å². The number of imide groups is 1. The lowest BCUT2D eigenvalue weighted by atomic mass is 9.57. The highest BCUT2D eigenvalue weighted by Crippen LogP contribution is 2.54. The number of β-amino-alcohol motifs (C(OH)–C–C–N with tert-alkyl or cyclic N) is 1. The second kappa shape index (κ2) is 18.9. The van der Waals surface area contributed by atoms with Crippen molar-refractivity contribution in [2.75, 3.05) is 95.1 Å². The van der Waals surface area contributed by atoms with Gasteiger partial charge in [0, 0.05) is 87.2 Å². The van der Waals surface area contributed by atoms with E-state index in [1.807, 2.05) is 24.0 Å². The Morgan fingerprint density at radius 1 is 0.905 bits per heavy atom. The number of piperidine rings is 2. The second-order valence-electron chi connectivity index (χ2n) is 22.8. The molecule has 3 aromatic carbocycles. The first-order valence-electron chi connectivity index (χ1n) is 26.6. The first kappa shape index (κ1) is 48.8. The van der Waals surface area contributed by atoms with E-state index in [1.54, 1.807) is 17.9 Å². The smallest absolute Gasteiger partial charge is 0.319 e. The number of amides is 3. The Balaban J connectivity index is 0.665. The van der Waals surface area contributed by atoms with E-state index >= 15 is 8.78 Å². The fourth-order valence-electron chi connectivity index (χ4n) is 13.1. The maximum absolute atomic E-state index is 17.2. The number of likely N-dealkylation sites (tertiary alicyclic amines) is 1. The fraction of sp³-hybridized carbons (Fsp3) is 0.536. The number of benzene rings is 3. The van der Waals surface area contributed by atoms with E-state index in [-0.39, 0.29) is 71.2 Å². The molecule has 0 unspecified atom stereocenters. The molecule has 3 amide bonds. The Labute approximate surface area is 429 Å². The Kier molecular flexibility index (Phi) is 12.5. The van der Waals surface area contributed by atoms with E-state index in [1.165, 1.54) is 50.1 Å². The van der Waals surface area contributed by atoms with Crippen molar-refractivity contribution in [3.8, 4) is 23.0 Å². The number of piperazine rings is 1. The van der Waals surface area contributed by atoms with Gasteiger partial charge in [0.15, 0.2) is 5.82 Å². The van der Waals surface area contributed by atoms with Gasteiger partial charge in [-0.15, -0.1) is 0 Å². The molecule has 0 bridgehead atoms. The van der Waals surface area contributed by atoms with Crippen molar-refractivity contribution in [1.82, 2.24) is 35.0 Å². The topological polar surface area (TPSA) is 177 Å². The maximum atomic E-state index is 17.2. The maximum Gasteiger partial charge on any atom is 0.319 e. The molecule has 1 spiro atoms. The number of carbonyl (C=O) groups excluding carboxylic acids is 3. The number of phenolic OH excluding ortho intramolecular Hbond substituents is 1. The number of carbonyl (C=O) groups is 3. The number of halogens is 2. The minimum Gasteiger partial charge on any atom is -0.508 e. The number of nitrogens with zero attached hydrogens (tertiary/aromatic N) is 8. The van der Waals surface area contributed by atoms with Gasteiger partial charge in [-0.25, -0.2) is 8.78 Å². The third-order valence-electron chi connectivity index (χ3n) is 17.3. The van der Waals surface area contributed by atoms with Gasteiger partial charge in [-0.1, -0.05) is 13.0 Å². The molecule has 7 aliphatic rings. The third-order valence-corrected chi connectivity index (χ3v) is 17.3. The molecule has 7 heterocycles. The van der Waals surface area contributed by atoms with Crippen LogP contribution in [-0.2, 0) is 27.3 Å². The van der Waals surface area contributed by atoms with Crippen LogP contribution in [0.4, 0.5) is 20.3 Å². The zero-order valence-corrected chi connectivity index (χ0v) is 42.3. The van der Waals surface area contributed by atoms with Gasteiger partial charge in [0.1, 0.15) is 40.2 Å². The van der Waals surface area contributed by atoms with Gasteiger partial charge < -0.3 is 39.3 Å². The number of aromatic nitrogens is 3. The van der Waals surface area contributed by atoms with Crippen molar-refractivity contribution in [3.05, 3.63) is 77.0 Å². The summed E-state index contributed by atoms with van der Waals surface area (Å²) in [6.45, 7) is 13.3. The monoisotopic (exact) mass is 1010 g/mol. The van der Waals surface area contributed by atoms with Crippen molar-refractivity contribution >= 4 is 50.9 Å². The molecule has 5 aromatic rings. The van der Waals surface area contributed by atoms with Crippen LogP contribution in [-0.4, -0.2) is 154 Å².